The Hall–Kier alpha value is -0.980. The van der Waals surface area contributed by atoms with Crippen molar-refractivity contribution in [2.24, 2.45) is 0 Å². The van der Waals surface area contributed by atoms with Crippen LogP contribution in [0.25, 0.3) is 0 Å². The molecule has 1 rings (SSSR count). The molecule has 0 aliphatic heterocycles. The van der Waals surface area contributed by atoms with Crippen LogP contribution in [0.5, 0.6) is 5.75 Å². The van der Waals surface area contributed by atoms with E-state index in [2.05, 4.69) is 20.8 Å². The summed E-state index contributed by atoms with van der Waals surface area (Å²) >= 11 is 0. The van der Waals surface area contributed by atoms with E-state index in [1.165, 1.54) is 57.8 Å². The average Bonchev–Trinajstić information content (AvgIpc) is 2.53. The molecule has 0 amide bonds. The topological polar surface area (TPSA) is 9.23 Å². The van der Waals surface area contributed by atoms with Crippen molar-refractivity contribution in [3.63, 3.8) is 0 Å². The zero-order valence-electron chi connectivity index (χ0n) is 16.0. The van der Waals surface area contributed by atoms with Gasteiger partial charge in [-0.3, -0.25) is 0 Å². The SMILES string of the molecule is [3H]c1ccc(OCCCCCCCCCCCC)c(C(C)C)c1. The van der Waals surface area contributed by atoms with E-state index in [-0.39, 0.29) is 0 Å². The summed E-state index contributed by atoms with van der Waals surface area (Å²) in [4.78, 5) is 0. The standard InChI is InChI=1S/C21H36O/c1-4-5-6-7-8-9-10-11-12-15-18-22-21-17-14-13-16-20(21)19(2)3/h13-14,16-17,19H,4-12,15,18H2,1-3H3/i13T. The van der Waals surface area contributed by atoms with Crippen molar-refractivity contribution in [3.8, 4) is 5.75 Å². The van der Waals surface area contributed by atoms with E-state index in [1.807, 2.05) is 18.2 Å². The molecular weight excluding hydrogens is 268 g/mol. The Morgan fingerprint density at radius 1 is 0.909 bits per heavy atom. The highest BCUT2D eigenvalue weighted by Crippen LogP contribution is 2.26. The molecule has 0 spiro atoms. The first-order valence-corrected chi connectivity index (χ1v) is 9.38. The second-order valence-electron chi connectivity index (χ2n) is 6.65. The van der Waals surface area contributed by atoms with Crippen LogP contribution in [0, 0.1) is 0 Å². The average molecular weight is 307 g/mol. The molecule has 0 fully saturated rings. The van der Waals surface area contributed by atoms with E-state index in [1.54, 1.807) is 0 Å². The second-order valence-corrected chi connectivity index (χ2v) is 6.65. The minimum atomic E-state index is 0.406. The Morgan fingerprint density at radius 3 is 2.09 bits per heavy atom. The van der Waals surface area contributed by atoms with E-state index >= 15 is 0 Å². The van der Waals surface area contributed by atoms with Crippen LogP contribution >= 0.6 is 0 Å². The van der Waals surface area contributed by atoms with E-state index in [9.17, 15) is 0 Å². The van der Waals surface area contributed by atoms with E-state index in [0.717, 1.165) is 24.3 Å². The summed E-state index contributed by atoms with van der Waals surface area (Å²) in [6, 6.07) is 6.27. The van der Waals surface area contributed by atoms with Crippen molar-refractivity contribution in [2.45, 2.75) is 90.9 Å². The summed E-state index contributed by atoms with van der Waals surface area (Å²) in [5.41, 5.74) is 1.16. The smallest absolute Gasteiger partial charge is 0.122 e. The Labute approximate surface area is 139 Å². The van der Waals surface area contributed by atoms with Crippen molar-refractivity contribution >= 4 is 0 Å². The third-order valence-electron chi connectivity index (χ3n) is 4.23. The Kier molecular flexibility index (Phi) is 9.91. The molecule has 0 aliphatic carbocycles. The third kappa shape index (κ3) is 8.46. The van der Waals surface area contributed by atoms with Gasteiger partial charge in [0.05, 0.1) is 7.98 Å². The molecule has 1 heteroatoms. The van der Waals surface area contributed by atoms with E-state index in [4.69, 9.17) is 6.11 Å². The Morgan fingerprint density at radius 2 is 1.50 bits per heavy atom. The lowest BCUT2D eigenvalue weighted by Crippen LogP contribution is -2.01. The molecule has 1 nitrogen and oxygen atoms in total. The van der Waals surface area contributed by atoms with Gasteiger partial charge in [-0.2, -0.15) is 0 Å². The highest BCUT2D eigenvalue weighted by atomic mass is 16.5. The van der Waals surface area contributed by atoms with Crippen LogP contribution in [0.3, 0.4) is 0 Å². The number of rotatable bonds is 13. The maximum Gasteiger partial charge on any atom is 0.122 e. The summed E-state index contributed by atoms with van der Waals surface area (Å²) in [6.07, 6.45) is 13.5. The fraction of sp³-hybridized carbons (Fsp3) is 0.714. The minimum Gasteiger partial charge on any atom is -0.493 e. The molecule has 126 valence electrons. The van der Waals surface area contributed by atoms with Crippen LogP contribution in [0.1, 0.15) is 97.8 Å². The quantitative estimate of drug-likeness (QED) is 0.353. The lowest BCUT2D eigenvalue weighted by Gasteiger charge is -2.13. The maximum atomic E-state index is 7.73. The first-order chi connectivity index (χ1) is 11.1. The van der Waals surface area contributed by atoms with Gasteiger partial charge in [0.15, 0.2) is 0 Å². The Bertz CT molecular complexity index is 414. The summed E-state index contributed by atoms with van der Waals surface area (Å²) in [5.74, 6) is 1.37. The van der Waals surface area contributed by atoms with Gasteiger partial charge in [0.2, 0.25) is 0 Å². The fourth-order valence-corrected chi connectivity index (χ4v) is 2.78. The van der Waals surface area contributed by atoms with Crippen molar-refractivity contribution in [1.82, 2.24) is 0 Å². The molecule has 0 heterocycles. The molecule has 0 radical (unpaired) electrons. The molecule has 0 bridgehead atoms. The molecule has 0 aliphatic rings. The van der Waals surface area contributed by atoms with E-state index < -0.39 is 0 Å². The van der Waals surface area contributed by atoms with Crippen molar-refractivity contribution in [3.05, 3.63) is 29.8 Å². The van der Waals surface area contributed by atoms with Crippen LogP contribution in [0.15, 0.2) is 24.2 Å². The van der Waals surface area contributed by atoms with Crippen molar-refractivity contribution in [2.75, 3.05) is 6.61 Å². The highest BCUT2D eigenvalue weighted by Gasteiger charge is 2.06. The molecule has 0 saturated heterocycles. The largest absolute Gasteiger partial charge is 0.493 e. The van der Waals surface area contributed by atoms with Gasteiger partial charge in [-0.05, 0) is 24.0 Å². The van der Waals surface area contributed by atoms with Gasteiger partial charge >= 0.3 is 0 Å². The second kappa shape index (κ2) is 12.6. The summed E-state index contributed by atoms with van der Waals surface area (Å²) in [7, 11) is 0. The normalized spacial score (nSPS) is 11.7. The van der Waals surface area contributed by atoms with Gasteiger partial charge < -0.3 is 4.74 Å². The van der Waals surface area contributed by atoms with E-state index in [0.29, 0.717) is 12.0 Å². The van der Waals surface area contributed by atoms with Gasteiger partial charge in [-0.1, -0.05) is 96.7 Å². The number of benzene rings is 1. The molecule has 1 aromatic rings. The molecule has 0 unspecified atom stereocenters. The summed E-state index contributed by atoms with van der Waals surface area (Å²) in [6.45, 7) is 7.38. The first kappa shape index (κ1) is 17.4. The highest BCUT2D eigenvalue weighted by molar-refractivity contribution is 5.35. The van der Waals surface area contributed by atoms with Gasteiger partial charge in [0, 0.05) is 0 Å². The van der Waals surface area contributed by atoms with Crippen LogP contribution in [0.4, 0.5) is 0 Å². The molecule has 0 atom stereocenters. The number of ether oxygens (including phenoxy) is 1. The predicted octanol–water partition coefficient (Wildman–Crippen LogP) is 7.11. The zero-order valence-corrected chi connectivity index (χ0v) is 15.0. The minimum absolute atomic E-state index is 0.406. The van der Waals surface area contributed by atoms with Crippen molar-refractivity contribution < 1.29 is 6.11 Å². The summed E-state index contributed by atoms with van der Waals surface area (Å²) < 4.78 is 13.7. The number of hydrogen-bond acceptors (Lipinski definition) is 1. The molecule has 0 aromatic heterocycles. The lowest BCUT2D eigenvalue weighted by atomic mass is 10.0. The number of para-hydroxylation sites is 1. The van der Waals surface area contributed by atoms with Gasteiger partial charge in [-0.15, -0.1) is 0 Å². The van der Waals surface area contributed by atoms with Crippen LogP contribution in [-0.2, 0) is 0 Å². The van der Waals surface area contributed by atoms with Crippen molar-refractivity contribution in [1.29, 1.82) is 0 Å². The third-order valence-corrected chi connectivity index (χ3v) is 4.23. The van der Waals surface area contributed by atoms with Crippen LogP contribution in [-0.4, -0.2) is 6.61 Å². The molecule has 0 saturated carbocycles. The lowest BCUT2D eigenvalue weighted by molar-refractivity contribution is 0.300. The number of unbranched alkanes of at least 4 members (excludes halogenated alkanes) is 9. The zero-order chi connectivity index (χ0) is 16.9. The molecular formula is C21H36O. The molecule has 22 heavy (non-hydrogen) atoms. The number of hydrogen-bond donors (Lipinski definition) is 0. The molecule has 0 N–H and O–H groups in total. The predicted molar refractivity (Wildman–Crippen MR) is 97.9 cm³/mol. The Balaban J connectivity index is 2.07. The van der Waals surface area contributed by atoms with Crippen LogP contribution in [0.2, 0.25) is 0 Å². The first-order valence-electron chi connectivity index (χ1n) is 9.88. The van der Waals surface area contributed by atoms with Gasteiger partial charge in [0.25, 0.3) is 0 Å². The molecule has 1 aromatic carbocycles. The van der Waals surface area contributed by atoms with Crippen LogP contribution < -0.4 is 4.74 Å². The maximum absolute atomic E-state index is 7.73. The van der Waals surface area contributed by atoms with Gasteiger partial charge in [0.1, 0.15) is 5.75 Å². The summed E-state index contributed by atoms with van der Waals surface area (Å²) in [5, 5.41) is 0. The van der Waals surface area contributed by atoms with Gasteiger partial charge in [-0.25, -0.2) is 0 Å². The monoisotopic (exact) mass is 306 g/mol. The fourth-order valence-electron chi connectivity index (χ4n) is 2.78.